The lowest BCUT2D eigenvalue weighted by Gasteiger charge is -2.44. The van der Waals surface area contributed by atoms with Crippen molar-refractivity contribution in [1.29, 1.82) is 0 Å². The topological polar surface area (TPSA) is 97.2 Å². The highest BCUT2D eigenvalue weighted by atomic mass is 16.6. The van der Waals surface area contributed by atoms with E-state index in [0.29, 0.717) is 45.0 Å². The molecule has 2 aliphatic heterocycles. The molecule has 2 atom stereocenters. The van der Waals surface area contributed by atoms with Crippen molar-refractivity contribution in [2.45, 2.75) is 91.3 Å². The van der Waals surface area contributed by atoms with Gasteiger partial charge in [0.25, 0.3) is 5.91 Å². The third-order valence-electron chi connectivity index (χ3n) is 8.19. The highest BCUT2D eigenvalue weighted by Gasteiger charge is 2.41. The third kappa shape index (κ3) is 8.49. The first-order valence-electron chi connectivity index (χ1n) is 16.0. The lowest BCUT2D eigenvalue weighted by atomic mass is 9.90. The molecule has 1 unspecified atom stereocenters. The van der Waals surface area contributed by atoms with Crippen LogP contribution in [0.4, 0.5) is 4.79 Å². The van der Waals surface area contributed by atoms with Crippen molar-refractivity contribution in [2.75, 3.05) is 46.4 Å². The van der Waals surface area contributed by atoms with E-state index in [2.05, 4.69) is 13.8 Å². The fraction of sp³-hybridized carbons (Fsp3) is 0.697. The number of aromatic nitrogens is 2. The number of para-hydroxylation sites is 2. The number of imidazole rings is 1. The molecule has 238 valence electrons. The molecule has 2 fully saturated rings. The summed E-state index contributed by atoms with van der Waals surface area (Å²) in [6, 6.07) is 7.48. The number of unbranched alkanes of at least 4 members (excludes halogenated alkanes) is 1. The van der Waals surface area contributed by atoms with E-state index in [-0.39, 0.29) is 23.8 Å². The number of rotatable bonds is 10. The van der Waals surface area contributed by atoms with Crippen molar-refractivity contribution in [2.24, 2.45) is 11.8 Å². The number of hydrogen-bond donors (Lipinski definition) is 0. The predicted octanol–water partition coefficient (Wildman–Crippen LogP) is 5.20. The minimum atomic E-state index is -0.669. The Kier molecular flexibility index (Phi) is 11.1. The lowest BCUT2D eigenvalue weighted by molar-refractivity contribution is -0.139. The number of benzene rings is 1. The Balaban J connectivity index is 1.68. The van der Waals surface area contributed by atoms with Gasteiger partial charge < -0.3 is 28.7 Å². The number of carbonyl (C=O) groups excluding carboxylic acids is 3. The first kappa shape index (κ1) is 32.8. The molecule has 2 aliphatic rings. The number of nitrogens with zero attached hydrogens (tertiary/aromatic N) is 5. The number of hydrogen-bond acceptors (Lipinski definition) is 6. The summed E-state index contributed by atoms with van der Waals surface area (Å²) >= 11 is 0. The van der Waals surface area contributed by atoms with Gasteiger partial charge in [0.1, 0.15) is 5.60 Å². The molecule has 0 saturated carbocycles. The molecule has 1 aromatic heterocycles. The van der Waals surface area contributed by atoms with Gasteiger partial charge in [0.15, 0.2) is 5.82 Å². The summed E-state index contributed by atoms with van der Waals surface area (Å²) in [6.07, 6.45) is 4.90. The number of piperidine rings is 2. The summed E-state index contributed by atoms with van der Waals surface area (Å²) < 4.78 is 13.0. The summed E-state index contributed by atoms with van der Waals surface area (Å²) in [5, 5.41) is 0. The molecule has 1 aromatic carbocycles. The molecule has 43 heavy (non-hydrogen) atoms. The molecule has 4 rings (SSSR count). The van der Waals surface area contributed by atoms with Crippen LogP contribution in [0.15, 0.2) is 24.3 Å². The van der Waals surface area contributed by atoms with Crippen LogP contribution >= 0.6 is 0 Å². The Morgan fingerprint density at radius 1 is 1.02 bits per heavy atom. The molecule has 0 N–H and O–H groups in total. The molecule has 0 aliphatic carbocycles. The van der Waals surface area contributed by atoms with E-state index in [9.17, 15) is 14.4 Å². The van der Waals surface area contributed by atoms with Gasteiger partial charge in [-0.25, -0.2) is 9.78 Å². The summed E-state index contributed by atoms with van der Waals surface area (Å²) in [7, 11) is 1.69. The van der Waals surface area contributed by atoms with Gasteiger partial charge in [-0.15, -0.1) is 0 Å². The van der Waals surface area contributed by atoms with Crippen LogP contribution < -0.4 is 0 Å². The molecule has 0 spiro atoms. The summed E-state index contributed by atoms with van der Waals surface area (Å²) in [6.45, 7) is 13.6. The number of ether oxygens (including phenoxy) is 2. The number of carbonyl (C=O) groups is 3. The third-order valence-corrected chi connectivity index (χ3v) is 8.19. The summed E-state index contributed by atoms with van der Waals surface area (Å²) in [4.78, 5) is 52.0. The van der Waals surface area contributed by atoms with Crippen LogP contribution in [0, 0.1) is 11.8 Å². The largest absolute Gasteiger partial charge is 0.444 e. The number of methoxy groups -OCH3 is 1. The molecule has 3 amide bonds. The smallest absolute Gasteiger partial charge is 0.410 e. The van der Waals surface area contributed by atoms with E-state index >= 15 is 0 Å². The molecule has 10 nitrogen and oxygen atoms in total. The van der Waals surface area contributed by atoms with Crippen molar-refractivity contribution in [3.05, 3.63) is 30.1 Å². The maximum Gasteiger partial charge on any atom is 0.410 e. The highest BCUT2D eigenvalue weighted by molar-refractivity contribution is 5.95. The zero-order valence-corrected chi connectivity index (χ0v) is 27.0. The van der Waals surface area contributed by atoms with E-state index in [0.717, 1.165) is 56.2 Å². The van der Waals surface area contributed by atoms with Crippen LogP contribution in [-0.2, 0) is 20.8 Å². The summed E-state index contributed by atoms with van der Waals surface area (Å²) in [5.74, 6) is 0.0704. The van der Waals surface area contributed by atoms with Crippen LogP contribution in [-0.4, -0.2) is 100 Å². The number of fused-ring (bicyclic) bond motifs is 1. The Labute approximate surface area is 256 Å². The zero-order chi connectivity index (χ0) is 31.1. The molecule has 2 saturated heterocycles. The monoisotopic (exact) mass is 597 g/mol. The lowest BCUT2D eigenvalue weighted by Crippen LogP contribution is -2.58. The fourth-order valence-corrected chi connectivity index (χ4v) is 6.23. The van der Waals surface area contributed by atoms with Gasteiger partial charge in [0.2, 0.25) is 5.91 Å². The molecule has 2 aromatic rings. The van der Waals surface area contributed by atoms with E-state index in [1.807, 2.05) is 59.4 Å². The van der Waals surface area contributed by atoms with Gasteiger partial charge in [0, 0.05) is 53.0 Å². The molecule has 0 radical (unpaired) electrons. The van der Waals surface area contributed by atoms with Gasteiger partial charge in [-0.3, -0.25) is 9.59 Å². The van der Waals surface area contributed by atoms with Crippen molar-refractivity contribution in [1.82, 2.24) is 24.3 Å². The maximum absolute atomic E-state index is 14.5. The highest BCUT2D eigenvalue weighted by Crippen LogP contribution is 2.28. The average Bonchev–Trinajstić information content (AvgIpc) is 3.35. The molecule has 3 heterocycles. The Bertz CT molecular complexity index is 1250. The van der Waals surface area contributed by atoms with Crippen LogP contribution in [0.1, 0.15) is 83.8 Å². The number of likely N-dealkylation sites (tertiary alicyclic amines) is 2. The van der Waals surface area contributed by atoms with E-state index in [4.69, 9.17) is 14.5 Å². The Morgan fingerprint density at radius 2 is 1.74 bits per heavy atom. The number of aryl methyl sites for hydroxylation is 1. The predicted molar refractivity (Wildman–Crippen MR) is 167 cm³/mol. The molecular weight excluding hydrogens is 546 g/mol. The SMILES string of the molecule is COCCCCn1c(C(=O)N(CC(C)C)[C@H]2CC(C(=O)N3CCCCC3)CN(C(=O)OC(C)(C)C)C2)nc2ccccc21. The standard InChI is InChI=1S/C33H51N5O5/c1-24(2)21-38(31(40)29-34-27-14-8-9-15-28(27)37(29)18-12-13-19-42-6)26-20-25(30(39)35-16-10-7-11-17-35)22-36(23-26)32(41)43-33(3,4)5/h8-9,14-15,24-26H,7,10-13,16-23H2,1-6H3/t25?,26-/m0/s1. The van der Waals surface area contributed by atoms with E-state index in [1.165, 1.54) is 0 Å². The van der Waals surface area contributed by atoms with Crippen LogP contribution in [0.3, 0.4) is 0 Å². The fourth-order valence-electron chi connectivity index (χ4n) is 6.23. The van der Waals surface area contributed by atoms with Gasteiger partial charge in [-0.05, 0) is 77.3 Å². The Hall–Kier alpha value is -3.14. The molecular formula is C33H51N5O5. The van der Waals surface area contributed by atoms with Crippen molar-refractivity contribution in [3.63, 3.8) is 0 Å². The number of amides is 3. The van der Waals surface area contributed by atoms with Gasteiger partial charge >= 0.3 is 6.09 Å². The maximum atomic E-state index is 14.5. The van der Waals surface area contributed by atoms with Gasteiger partial charge in [0.05, 0.1) is 23.0 Å². The van der Waals surface area contributed by atoms with Gasteiger partial charge in [-0.1, -0.05) is 26.0 Å². The first-order chi connectivity index (χ1) is 20.5. The average molecular weight is 598 g/mol. The quantitative estimate of drug-likeness (QED) is 0.350. The van der Waals surface area contributed by atoms with Crippen molar-refractivity contribution < 1.29 is 23.9 Å². The second-order valence-electron chi connectivity index (χ2n) is 13.5. The van der Waals surface area contributed by atoms with Gasteiger partial charge in [-0.2, -0.15) is 0 Å². The molecule has 0 bridgehead atoms. The minimum Gasteiger partial charge on any atom is -0.444 e. The Morgan fingerprint density at radius 3 is 2.42 bits per heavy atom. The van der Waals surface area contributed by atoms with E-state index in [1.54, 1.807) is 12.0 Å². The molecule has 10 heteroatoms. The first-order valence-corrected chi connectivity index (χ1v) is 16.0. The summed E-state index contributed by atoms with van der Waals surface area (Å²) in [5.41, 5.74) is 1.03. The zero-order valence-electron chi connectivity index (χ0n) is 27.0. The van der Waals surface area contributed by atoms with Crippen LogP contribution in [0.25, 0.3) is 11.0 Å². The second kappa shape index (κ2) is 14.6. The normalized spacial score (nSPS) is 19.6. The second-order valence-corrected chi connectivity index (χ2v) is 13.5. The van der Waals surface area contributed by atoms with Crippen molar-refractivity contribution >= 4 is 28.9 Å². The van der Waals surface area contributed by atoms with Crippen LogP contribution in [0.2, 0.25) is 0 Å². The van der Waals surface area contributed by atoms with E-state index < -0.39 is 17.6 Å². The van der Waals surface area contributed by atoms with Crippen LogP contribution in [0.5, 0.6) is 0 Å². The van der Waals surface area contributed by atoms with Crippen molar-refractivity contribution in [3.8, 4) is 0 Å². The minimum absolute atomic E-state index is 0.0697.